The number of hydrogen-bond donors (Lipinski definition) is 2. The maximum absolute atomic E-state index is 11.7. The highest BCUT2D eigenvalue weighted by Crippen LogP contribution is 2.31. The van der Waals surface area contributed by atoms with Gasteiger partial charge in [-0.25, -0.2) is 9.59 Å². The third-order valence-electron chi connectivity index (χ3n) is 3.36. The lowest BCUT2D eigenvalue weighted by molar-refractivity contribution is 0.0693. The second-order valence-electron chi connectivity index (χ2n) is 5.54. The van der Waals surface area contributed by atoms with Crippen LogP contribution in [0.15, 0.2) is 18.2 Å². The summed E-state index contributed by atoms with van der Waals surface area (Å²) in [7, 11) is 3.13. The van der Waals surface area contributed by atoms with Crippen LogP contribution in [0.2, 0.25) is 0 Å². The summed E-state index contributed by atoms with van der Waals surface area (Å²) in [5.41, 5.74) is 3.01. The number of nitrogens with zero attached hydrogens (tertiary/aromatic N) is 2. The van der Waals surface area contributed by atoms with Gasteiger partial charge in [0.05, 0.1) is 0 Å². The van der Waals surface area contributed by atoms with Crippen molar-refractivity contribution in [3.63, 3.8) is 0 Å². The fraction of sp³-hybridized carbons (Fsp3) is 0.312. The number of carbonyl (C=O) groups is 2. The standard InChI is InChI=1S/C16H19N3O4S/c1-9-5-6-11(10(2)7-9)8-23-13-12(15(20)21)14(24-18-13)17-16(22)19(3)4/h5-7H,8H2,1-4H3,(H,17,22)(H,20,21). The van der Waals surface area contributed by atoms with E-state index in [4.69, 9.17) is 4.74 Å². The number of amides is 2. The highest BCUT2D eigenvalue weighted by atomic mass is 32.1. The number of rotatable bonds is 5. The van der Waals surface area contributed by atoms with Crippen molar-refractivity contribution >= 4 is 28.5 Å². The molecule has 2 rings (SSSR count). The van der Waals surface area contributed by atoms with Crippen LogP contribution in [0, 0.1) is 13.8 Å². The summed E-state index contributed by atoms with van der Waals surface area (Å²) < 4.78 is 9.60. The maximum atomic E-state index is 11.7. The van der Waals surface area contributed by atoms with Crippen molar-refractivity contribution in [2.45, 2.75) is 20.5 Å². The van der Waals surface area contributed by atoms with Gasteiger partial charge in [-0.05, 0) is 36.5 Å². The van der Waals surface area contributed by atoms with Crippen LogP contribution in [0.4, 0.5) is 9.80 Å². The van der Waals surface area contributed by atoms with Gasteiger partial charge >= 0.3 is 12.0 Å². The van der Waals surface area contributed by atoms with Gasteiger partial charge in [-0.1, -0.05) is 23.8 Å². The molecule has 0 spiro atoms. The zero-order valence-corrected chi connectivity index (χ0v) is 14.7. The second kappa shape index (κ2) is 7.31. The molecule has 128 valence electrons. The fourth-order valence-electron chi connectivity index (χ4n) is 2.01. The van der Waals surface area contributed by atoms with Crippen LogP contribution in [0.5, 0.6) is 5.88 Å². The highest BCUT2D eigenvalue weighted by Gasteiger charge is 2.24. The number of carbonyl (C=O) groups excluding carboxylic acids is 1. The van der Waals surface area contributed by atoms with E-state index in [0.717, 1.165) is 28.2 Å². The first-order valence-corrected chi connectivity index (χ1v) is 7.97. The Hall–Kier alpha value is -2.61. The van der Waals surface area contributed by atoms with Crippen LogP contribution < -0.4 is 10.1 Å². The first kappa shape index (κ1) is 17.7. The van der Waals surface area contributed by atoms with Crippen molar-refractivity contribution in [2.75, 3.05) is 19.4 Å². The predicted molar refractivity (Wildman–Crippen MR) is 92.0 cm³/mol. The number of nitrogens with one attached hydrogen (secondary N) is 1. The molecule has 1 aromatic carbocycles. The number of anilines is 1. The van der Waals surface area contributed by atoms with E-state index in [2.05, 4.69) is 9.69 Å². The van der Waals surface area contributed by atoms with E-state index >= 15 is 0 Å². The van der Waals surface area contributed by atoms with Gasteiger partial charge in [0, 0.05) is 14.1 Å². The number of aromatic nitrogens is 1. The van der Waals surface area contributed by atoms with Gasteiger partial charge in [0.25, 0.3) is 0 Å². The van der Waals surface area contributed by atoms with Crippen LogP contribution in [0.25, 0.3) is 0 Å². The molecule has 0 aliphatic rings. The molecular weight excluding hydrogens is 330 g/mol. The number of ether oxygens (including phenoxy) is 1. The Labute approximate surface area is 144 Å². The van der Waals surface area contributed by atoms with E-state index in [1.54, 1.807) is 14.1 Å². The number of benzene rings is 1. The van der Waals surface area contributed by atoms with Gasteiger partial charge in [-0.15, -0.1) is 0 Å². The van der Waals surface area contributed by atoms with Crippen molar-refractivity contribution in [3.8, 4) is 5.88 Å². The van der Waals surface area contributed by atoms with Gasteiger partial charge in [0.1, 0.15) is 11.6 Å². The van der Waals surface area contributed by atoms with Gasteiger partial charge in [-0.2, -0.15) is 4.37 Å². The Morgan fingerprint density at radius 3 is 2.62 bits per heavy atom. The van der Waals surface area contributed by atoms with Crippen molar-refractivity contribution in [1.29, 1.82) is 0 Å². The molecule has 0 fully saturated rings. The summed E-state index contributed by atoms with van der Waals surface area (Å²) in [6.07, 6.45) is 0. The Kier molecular flexibility index (Phi) is 5.40. The van der Waals surface area contributed by atoms with E-state index in [9.17, 15) is 14.7 Å². The molecule has 24 heavy (non-hydrogen) atoms. The number of carboxylic acids is 1. The first-order valence-electron chi connectivity index (χ1n) is 7.19. The van der Waals surface area contributed by atoms with Crippen molar-refractivity contribution in [3.05, 3.63) is 40.5 Å². The minimum absolute atomic E-state index is 0.00142. The topological polar surface area (TPSA) is 91.8 Å². The Morgan fingerprint density at radius 2 is 2.04 bits per heavy atom. The zero-order chi connectivity index (χ0) is 17.9. The number of carboxylic acid groups (broad SMARTS) is 1. The quantitative estimate of drug-likeness (QED) is 0.865. The molecule has 0 saturated heterocycles. The van der Waals surface area contributed by atoms with Crippen LogP contribution >= 0.6 is 11.5 Å². The zero-order valence-electron chi connectivity index (χ0n) is 13.9. The number of hydrogen-bond acceptors (Lipinski definition) is 5. The lowest BCUT2D eigenvalue weighted by atomic mass is 10.1. The molecule has 0 radical (unpaired) electrons. The van der Waals surface area contributed by atoms with E-state index in [0.29, 0.717) is 0 Å². The van der Waals surface area contributed by atoms with Crippen molar-refractivity contribution < 1.29 is 19.4 Å². The molecule has 0 atom stereocenters. The SMILES string of the molecule is Cc1ccc(COc2nsc(NC(=O)N(C)C)c2C(=O)O)c(C)c1. The minimum atomic E-state index is -1.20. The highest BCUT2D eigenvalue weighted by molar-refractivity contribution is 7.11. The number of urea groups is 1. The third-order valence-corrected chi connectivity index (χ3v) is 4.11. The molecule has 1 heterocycles. The second-order valence-corrected chi connectivity index (χ2v) is 6.31. The van der Waals surface area contributed by atoms with Crippen LogP contribution in [0.1, 0.15) is 27.0 Å². The minimum Gasteiger partial charge on any atom is -0.477 e. The smallest absolute Gasteiger partial charge is 0.344 e. The number of aryl methyl sites for hydroxylation is 2. The molecule has 0 aliphatic heterocycles. The largest absolute Gasteiger partial charge is 0.477 e. The van der Waals surface area contributed by atoms with E-state index in [1.165, 1.54) is 4.90 Å². The summed E-state index contributed by atoms with van der Waals surface area (Å²) in [6, 6.07) is 5.50. The Balaban J connectivity index is 2.19. The molecule has 2 amide bonds. The molecule has 7 nitrogen and oxygen atoms in total. The summed E-state index contributed by atoms with van der Waals surface area (Å²) >= 11 is 0.878. The van der Waals surface area contributed by atoms with Crippen molar-refractivity contribution in [1.82, 2.24) is 9.27 Å². The molecule has 0 bridgehead atoms. The average Bonchev–Trinajstić information content (AvgIpc) is 2.89. The third kappa shape index (κ3) is 4.02. The van der Waals surface area contributed by atoms with Crippen LogP contribution in [-0.2, 0) is 6.61 Å². The molecule has 1 aromatic heterocycles. The van der Waals surface area contributed by atoms with Gasteiger partial charge in [-0.3, -0.25) is 5.32 Å². The molecule has 2 aromatic rings. The summed E-state index contributed by atoms with van der Waals surface area (Å²) in [5, 5.41) is 12.1. The van der Waals surface area contributed by atoms with Crippen LogP contribution in [0.3, 0.4) is 0 Å². The Morgan fingerprint density at radius 1 is 1.33 bits per heavy atom. The fourth-order valence-corrected chi connectivity index (χ4v) is 2.73. The Bertz CT molecular complexity index is 771. The first-order chi connectivity index (χ1) is 11.3. The summed E-state index contributed by atoms with van der Waals surface area (Å²) in [6.45, 7) is 4.17. The van der Waals surface area contributed by atoms with Crippen LogP contribution in [-0.4, -0.2) is 40.5 Å². The molecule has 2 N–H and O–H groups in total. The summed E-state index contributed by atoms with van der Waals surface area (Å²) in [4.78, 5) is 24.5. The monoisotopic (exact) mass is 349 g/mol. The predicted octanol–water partition coefficient (Wildman–Crippen LogP) is 3.13. The molecule has 0 saturated carbocycles. The normalized spacial score (nSPS) is 10.3. The van der Waals surface area contributed by atoms with E-state index < -0.39 is 12.0 Å². The maximum Gasteiger partial charge on any atom is 0.344 e. The molecule has 0 unspecified atom stereocenters. The number of aromatic carboxylic acids is 1. The van der Waals surface area contributed by atoms with E-state index in [-0.39, 0.29) is 23.1 Å². The molecular formula is C16H19N3O4S. The lowest BCUT2D eigenvalue weighted by Gasteiger charge is -2.11. The van der Waals surface area contributed by atoms with E-state index in [1.807, 2.05) is 32.0 Å². The van der Waals surface area contributed by atoms with Gasteiger partial charge in [0.15, 0.2) is 5.56 Å². The average molecular weight is 349 g/mol. The summed E-state index contributed by atoms with van der Waals surface area (Å²) in [5.74, 6) is -1.20. The van der Waals surface area contributed by atoms with Crippen molar-refractivity contribution in [2.24, 2.45) is 0 Å². The molecule has 0 aliphatic carbocycles. The molecule has 8 heteroatoms. The van der Waals surface area contributed by atoms with Gasteiger partial charge < -0.3 is 14.7 Å². The van der Waals surface area contributed by atoms with Gasteiger partial charge in [0.2, 0.25) is 5.88 Å². The lowest BCUT2D eigenvalue weighted by Crippen LogP contribution is -2.27.